The molecule has 150 valence electrons. The molecule has 0 saturated heterocycles. The fraction of sp³-hybridized carbons (Fsp3) is 0.0435. The summed E-state index contributed by atoms with van der Waals surface area (Å²) in [6.45, 7) is 0. The number of halogens is 2. The standard InChI is InChI=1S/C23H15Cl2NO3S/c1-29-15-6-4-5-14(11-15)22(28)26-23-20(13-9-10-17(24)18(25)12-13)21(27)16-7-2-3-8-19(16)30-23/h2-12H,1H3,(H,26,28). The lowest BCUT2D eigenvalue weighted by Gasteiger charge is -2.13. The first kappa shape index (κ1) is 20.4. The third kappa shape index (κ3) is 3.92. The number of carbonyl (C=O) groups is 1. The van der Waals surface area contributed by atoms with Gasteiger partial charge in [0.2, 0.25) is 0 Å². The SMILES string of the molecule is COc1cccc(C(=O)Nc2sc3ccccc3c(=O)c2-c2ccc(Cl)c(Cl)c2)c1. The van der Waals surface area contributed by atoms with Crippen LogP contribution >= 0.6 is 34.5 Å². The Kier molecular flexibility index (Phi) is 5.77. The van der Waals surface area contributed by atoms with Crippen LogP contribution in [0.2, 0.25) is 10.0 Å². The molecule has 0 fully saturated rings. The quantitative estimate of drug-likeness (QED) is 0.382. The Morgan fingerprint density at radius 2 is 1.77 bits per heavy atom. The smallest absolute Gasteiger partial charge is 0.256 e. The highest BCUT2D eigenvalue weighted by Crippen LogP contribution is 2.36. The summed E-state index contributed by atoms with van der Waals surface area (Å²) in [5.41, 5.74) is 1.18. The highest BCUT2D eigenvalue weighted by atomic mass is 35.5. The Bertz CT molecular complexity index is 1330. The van der Waals surface area contributed by atoms with Gasteiger partial charge in [0.05, 0.1) is 22.7 Å². The molecule has 0 aliphatic heterocycles. The van der Waals surface area contributed by atoms with E-state index < -0.39 is 0 Å². The van der Waals surface area contributed by atoms with E-state index in [4.69, 9.17) is 27.9 Å². The zero-order chi connectivity index (χ0) is 21.3. The lowest BCUT2D eigenvalue weighted by atomic mass is 10.1. The van der Waals surface area contributed by atoms with Crippen molar-refractivity contribution in [2.24, 2.45) is 0 Å². The van der Waals surface area contributed by atoms with E-state index in [0.29, 0.717) is 42.9 Å². The minimum Gasteiger partial charge on any atom is -0.497 e. The fourth-order valence-electron chi connectivity index (χ4n) is 3.08. The third-order valence-corrected chi connectivity index (χ3v) is 6.39. The molecule has 0 saturated carbocycles. The Labute approximate surface area is 186 Å². The summed E-state index contributed by atoms with van der Waals surface area (Å²) in [5, 5.41) is 4.62. The van der Waals surface area contributed by atoms with Gasteiger partial charge in [0.25, 0.3) is 5.91 Å². The molecule has 0 aliphatic rings. The molecule has 1 amide bonds. The largest absolute Gasteiger partial charge is 0.497 e. The van der Waals surface area contributed by atoms with Crippen LogP contribution in [0.3, 0.4) is 0 Å². The van der Waals surface area contributed by atoms with Crippen LogP contribution in [0.1, 0.15) is 10.4 Å². The second kappa shape index (κ2) is 8.48. The molecule has 3 aromatic carbocycles. The number of methoxy groups -OCH3 is 1. The van der Waals surface area contributed by atoms with Gasteiger partial charge in [-0.2, -0.15) is 0 Å². The first-order valence-electron chi connectivity index (χ1n) is 8.94. The van der Waals surface area contributed by atoms with E-state index in [1.165, 1.54) is 18.4 Å². The summed E-state index contributed by atoms with van der Waals surface area (Å²) < 4.78 is 5.97. The van der Waals surface area contributed by atoms with Gasteiger partial charge in [-0.3, -0.25) is 9.59 Å². The van der Waals surface area contributed by atoms with Gasteiger partial charge in [0.15, 0.2) is 5.43 Å². The highest BCUT2D eigenvalue weighted by molar-refractivity contribution is 7.22. The second-order valence-electron chi connectivity index (χ2n) is 6.45. The maximum Gasteiger partial charge on any atom is 0.256 e. The average molecular weight is 456 g/mol. The molecule has 0 radical (unpaired) electrons. The van der Waals surface area contributed by atoms with Crippen LogP contribution in [0, 0.1) is 0 Å². The normalized spacial score (nSPS) is 10.8. The van der Waals surface area contributed by atoms with E-state index in [0.717, 1.165) is 4.70 Å². The minimum atomic E-state index is -0.346. The van der Waals surface area contributed by atoms with Crippen LogP contribution in [-0.2, 0) is 0 Å². The number of nitrogens with one attached hydrogen (secondary N) is 1. The summed E-state index contributed by atoms with van der Waals surface area (Å²) in [7, 11) is 1.54. The molecule has 4 rings (SSSR count). The van der Waals surface area contributed by atoms with E-state index in [9.17, 15) is 9.59 Å². The highest BCUT2D eigenvalue weighted by Gasteiger charge is 2.18. The van der Waals surface area contributed by atoms with Gasteiger partial charge in [-0.05, 0) is 48.0 Å². The van der Waals surface area contributed by atoms with Gasteiger partial charge in [0, 0.05) is 15.6 Å². The van der Waals surface area contributed by atoms with Crippen molar-refractivity contribution in [3.05, 3.63) is 92.6 Å². The van der Waals surface area contributed by atoms with Gasteiger partial charge in [-0.25, -0.2) is 0 Å². The zero-order valence-electron chi connectivity index (χ0n) is 15.7. The lowest BCUT2D eigenvalue weighted by molar-refractivity contribution is 0.102. The molecular formula is C23H15Cl2NO3S. The van der Waals surface area contributed by atoms with Gasteiger partial charge in [0.1, 0.15) is 10.8 Å². The molecule has 1 heterocycles. The van der Waals surface area contributed by atoms with Crippen LogP contribution in [0.15, 0.2) is 71.5 Å². The third-order valence-electron chi connectivity index (χ3n) is 4.57. The van der Waals surface area contributed by atoms with E-state index in [2.05, 4.69) is 5.32 Å². The van der Waals surface area contributed by atoms with Crippen LogP contribution in [0.25, 0.3) is 21.2 Å². The number of benzene rings is 3. The molecule has 1 aromatic heterocycles. The first-order chi connectivity index (χ1) is 14.5. The molecule has 4 nitrogen and oxygen atoms in total. The predicted octanol–water partition coefficient (Wildman–Crippen LogP) is 6.50. The van der Waals surface area contributed by atoms with Gasteiger partial charge < -0.3 is 10.1 Å². The van der Waals surface area contributed by atoms with E-state index in [-0.39, 0.29) is 11.3 Å². The van der Waals surface area contributed by atoms with Gasteiger partial charge >= 0.3 is 0 Å². The zero-order valence-corrected chi connectivity index (χ0v) is 18.1. The summed E-state index contributed by atoms with van der Waals surface area (Å²) in [4.78, 5) is 26.2. The molecular weight excluding hydrogens is 441 g/mol. The number of hydrogen-bond donors (Lipinski definition) is 1. The van der Waals surface area contributed by atoms with Crippen molar-refractivity contribution in [1.29, 1.82) is 0 Å². The molecule has 0 unspecified atom stereocenters. The molecule has 7 heteroatoms. The van der Waals surface area contributed by atoms with Crippen LogP contribution in [0.5, 0.6) is 5.75 Å². The van der Waals surface area contributed by atoms with E-state index >= 15 is 0 Å². The van der Waals surface area contributed by atoms with Crippen molar-refractivity contribution in [2.45, 2.75) is 0 Å². The van der Waals surface area contributed by atoms with Crippen molar-refractivity contribution in [1.82, 2.24) is 0 Å². The predicted molar refractivity (Wildman–Crippen MR) is 124 cm³/mol. The van der Waals surface area contributed by atoms with Crippen LogP contribution < -0.4 is 15.5 Å². The van der Waals surface area contributed by atoms with Gasteiger partial charge in [-0.1, -0.05) is 47.5 Å². The monoisotopic (exact) mass is 455 g/mol. The Balaban J connectivity index is 1.88. The van der Waals surface area contributed by atoms with Crippen LogP contribution in [-0.4, -0.2) is 13.0 Å². The maximum atomic E-state index is 13.3. The van der Waals surface area contributed by atoms with Crippen molar-refractivity contribution in [3.63, 3.8) is 0 Å². The number of rotatable bonds is 4. The lowest BCUT2D eigenvalue weighted by Crippen LogP contribution is -2.15. The van der Waals surface area contributed by atoms with Crippen molar-refractivity contribution < 1.29 is 9.53 Å². The number of fused-ring (bicyclic) bond motifs is 1. The summed E-state index contributed by atoms with van der Waals surface area (Å²) >= 11 is 13.6. The molecule has 0 atom stereocenters. The fourth-order valence-corrected chi connectivity index (χ4v) is 4.48. The number of carbonyl (C=O) groups excluding carboxylic acids is 1. The Morgan fingerprint density at radius 3 is 2.53 bits per heavy atom. The second-order valence-corrected chi connectivity index (χ2v) is 8.31. The molecule has 30 heavy (non-hydrogen) atoms. The number of anilines is 1. The van der Waals surface area contributed by atoms with Crippen LogP contribution in [0.4, 0.5) is 5.00 Å². The number of amides is 1. The van der Waals surface area contributed by atoms with E-state index in [1.54, 1.807) is 48.5 Å². The van der Waals surface area contributed by atoms with Gasteiger partial charge in [-0.15, -0.1) is 11.3 Å². The van der Waals surface area contributed by atoms with Crippen molar-refractivity contribution in [2.75, 3.05) is 12.4 Å². The molecule has 0 aliphatic carbocycles. The molecule has 0 bridgehead atoms. The van der Waals surface area contributed by atoms with Crippen molar-refractivity contribution >= 4 is 55.5 Å². The minimum absolute atomic E-state index is 0.191. The number of ether oxygens (including phenoxy) is 1. The summed E-state index contributed by atoms with van der Waals surface area (Å²) in [6, 6.07) is 19.1. The average Bonchev–Trinajstić information content (AvgIpc) is 2.76. The Hall–Kier alpha value is -2.86. The van der Waals surface area contributed by atoms with E-state index in [1.807, 2.05) is 18.2 Å². The summed E-state index contributed by atoms with van der Waals surface area (Å²) in [6.07, 6.45) is 0. The van der Waals surface area contributed by atoms with Crippen molar-refractivity contribution in [3.8, 4) is 16.9 Å². The molecule has 1 N–H and O–H groups in total. The first-order valence-corrected chi connectivity index (χ1v) is 10.5. The molecule has 0 spiro atoms. The summed E-state index contributed by atoms with van der Waals surface area (Å²) in [5.74, 6) is 0.222. The topological polar surface area (TPSA) is 55.4 Å². The maximum absolute atomic E-state index is 13.3. The number of hydrogen-bond acceptors (Lipinski definition) is 4. The Morgan fingerprint density at radius 1 is 0.967 bits per heavy atom. The molecule has 4 aromatic rings.